The van der Waals surface area contributed by atoms with Crippen LogP contribution in [0.3, 0.4) is 0 Å². The monoisotopic (exact) mass is 459 g/mol. The molecule has 0 unspecified atom stereocenters. The van der Waals surface area contributed by atoms with E-state index in [0.717, 1.165) is 55.5 Å². The van der Waals surface area contributed by atoms with Crippen LogP contribution in [0.15, 0.2) is 51.4 Å². The van der Waals surface area contributed by atoms with Crippen LogP contribution in [0.1, 0.15) is 49.9 Å². The minimum absolute atomic E-state index is 0.0727. The highest BCUT2D eigenvalue weighted by atomic mass is 16.1. The maximum Gasteiger partial charge on any atom is 0.333 e. The lowest BCUT2D eigenvalue weighted by Crippen LogP contribution is -2.22. The van der Waals surface area contributed by atoms with Gasteiger partial charge in [-0.25, -0.2) is 4.79 Å². The van der Waals surface area contributed by atoms with Crippen LogP contribution in [0.4, 0.5) is 0 Å². The average Bonchev–Trinajstić information content (AvgIpc) is 3.10. The predicted octanol–water partition coefficient (Wildman–Crippen LogP) is 5.97. The molecule has 0 aliphatic heterocycles. The molecule has 0 saturated heterocycles. The summed E-state index contributed by atoms with van der Waals surface area (Å²) in [5.74, 6) is 0. The van der Waals surface area contributed by atoms with E-state index in [1.807, 2.05) is 59.2 Å². The number of fused-ring (bicyclic) bond motifs is 3. The zero-order valence-electron chi connectivity index (χ0n) is 22.2. The molecule has 0 N–H and O–H groups in total. The molecule has 2 aromatic carbocycles. The largest absolute Gasteiger partial charge is 0.333 e. The molecule has 0 radical (unpaired) electrons. The minimum Gasteiger partial charge on any atom is -0.295 e. The van der Waals surface area contributed by atoms with Gasteiger partial charge in [-0.05, 0) is 55.0 Å². The molecule has 0 amide bonds. The van der Waals surface area contributed by atoms with Crippen LogP contribution >= 0.6 is 0 Å². The first-order valence-electron chi connectivity index (χ1n) is 11.8. The SMILES string of the molecule is CC.CC.CN=CC(=NC)c1cc2c(ccc3c2n(-c2c(C)cncc2C)c(=O)n3C)cc1C. The molecule has 0 aliphatic carbocycles. The van der Waals surface area contributed by atoms with Gasteiger partial charge in [-0.3, -0.25) is 24.1 Å². The molecule has 2 heterocycles. The van der Waals surface area contributed by atoms with Crippen LogP contribution in [0.25, 0.3) is 27.5 Å². The van der Waals surface area contributed by atoms with Crippen molar-refractivity contribution < 1.29 is 0 Å². The highest BCUT2D eigenvalue weighted by Gasteiger charge is 2.19. The summed E-state index contributed by atoms with van der Waals surface area (Å²) in [4.78, 5) is 26.2. The Balaban J connectivity index is 0.000000970. The van der Waals surface area contributed by atoms with Gasteiger partial charge in [-0.1, -0.05) is 39.8 Å². The van der Waals surface area contributed by atoms with Crippen LogP contribution in [0.2, 0.25) is 0 Å². The topological polar surface area (TPSA) is 64.5 Å². The van der Waals surface area contributed by atoms with Crippen molar-refractivity contribution in [2.75, 3.05) is 14.1 Å². The van der Waals surface area contributed by atoms with Gasteiger partial charge in [-0.15, -0.1) is 0 Å². The Bertz CT molecular complexity index is 1400. The Morgan fingerprint density at radius 1 is 0.941 bits per heavy atom. The second-order valence-electron chi connectivity index (χ2n) is 7.62. The standard InChI is InChI=1S/C24H25N5O.2C2H6/c1-14-9-17-7-8-21-23(19(17)10-18(14)20(26-5)13-25-4)29(24(30)28(21)6)22-15(2)11-27-12-16(22)3;2*1-2/h7-13H,1-6H3;2*1-2H3. The zero-order chi connectivity index (χ0) is 25.6. The van der Waals surface area contributed by atoms with E-state index in [9.17, 15) is 4.79 Å². The summed E-state index contributed by atoms with van der Waals surface area (Å²) in [7, 11) is 5.32. The van der Waals surface area contributed by atoms with E-state index in [2.05, 4.69) is 40.1 Å². The maximum absolute atomic E-state index is 13.3. The van der Waals surface area contributed by atoms with Crippen molar-refractivity contribution in [1.82, 2.24) is 14.1 Å². The molecule has 2 aromatic heterocycles. The smallest absolute Gasteiger partial charge is 0.295 e. The number of benzene rings is 2. The van der Waals surface area contributed by atoms with E-state index in [0.29, 0.717) is 0 Å². The number of imidazole rings is 1. The number of rotatable bonds is 3. The van der Waals surface area contributed by atoms with Crippen LogP contribution in [-0.2, 0) is 7.05 Å². The quantitative estimate of drug-likeness (QED) is 0.354. The molecule has 0 saturated carbocycles. The van der Waals surface area contributed by atoms with Crippen molar-refractivity contribution in [1.29, 1.82) is 0 Å². The molecule has 4 rings (SSSR count). The van der Waals surface area contributed by atoms with E-state index in [4.69, 9.17) is 0 Å². The average molecular weight is 460 g/mol. The van der Waals surface area contributed by atoms with Crippen LogP contribution in [0, 0.1) is 20.8 Å². The van der Waals surface area contributed by atoms with Crippen molar-refractivity contribution in [2.45, 2.75) is 48.5 Å². The van der Waals surface area contributed by atoms with Gasteiger partial charge in [0.05, 0.1) is 22.4 Å². The van der Waals surface area contributed by atoms with Crippen LogP contribution < -0.4 is 5.69 Å². The zero-order valence-corrected chi connectivity index (χ0v) is 22.2. The highest BCUT2D eigenvalue weighted by Crippen LogP contribution is 2.30. The Kier molecular flexibility index (Phi) is 9.07. The summed E-state index contributed by atoms with van der Waals surface area (Å²) >= 11 is 0. The van der Waals surface area contributed by atoms with Crippen molar-refractivity contribution >= 4 is 33.7 Å². The van der Waals surface area contributed by atoms with E-state index in [-0.39, 0.29) is 5.69 Å². The molecule has 6 nitrogen and oxygen atoms in total. The Morgan fingerprint density at radius 3 is 2.12 bits per heavy atom. The normalized spacial score (nSPS) is 11.4. The molecule has 0 atom stereocenters. The molecule has 34 heavy (non-hydrogen) atoms. The third-order valence-corrected chi connectivity index (χ3v) is 5.65. The van der Waals surface area contributed by atoms with Gasteiger partial charge in [0, 0.05) is 50.7 Å². The fourth-order valence-corrected chi connectivity index (χ4v) is 4.21. The first kappa shape index (κ1) is 26.7. The van der Waals surface area contributed by atoms with Gasteiger partial charge in [0.2, 0.25) is 0 Å². The molecule has 0 aliphatic rings. The second-order valence-corrected chi connectivity index (χ2v) is 7.62. The van der Waals surface area contributed by atoms with Gasteiger partial charge in [0.25, 0.3) is 0 Å². The van der Waals surface area contributed by atoms with Gasteiger partial charge >= 0.3 is 5.69 Å². The molecule has 0 spiro atoms. The van der Waals surface area contributed by atoms with Crippen LogP contribution in [0.5, 0.6) is 0 Å². The molecule has 0 fully saturated rings. The lowest BCUT2D eigenvalue weighted by molar-refractivity contribution is 0.840. The third-order valence-electron chi connectivity index (χ3n) is 5.65. The lowest BCUT2D eigenvalue weighted by atomic mass is 9.97. The van der Waals surface area contributed by atoms with Crippen LogP contribution in [-0.4, -0.2) is 40.1 Å². The fourth-order valence-electron chi connectivity index (χ4n) is 4.21. The molecule has 4 aromatic rings. The van der Waals surface area contributed by atoms with Crippen molar-refractivity contribution in [3.8, 4) is 5.69 Å². The first-order valence-corrected chi connectivity index (χ1v) is 11.8. The molecular weight excluding hydrogens is 422 g/mol. The number of aryl methyl sites for hydroxylation is 4. The molecule has 0 bridgehead atoms. The summed E-state index contributed by atoms with van der Waals surface area (Å²) < 4.78 is 3.52. The van der Waals surface area contributed by atoms with Gasteiger partial charge in [0.1, 0.15) is 0 Å². The first-order chi connectivity index (χ1) is 16.4. The maximum atomic E-state index is 13.3. The summed E-state index contributed by atoms with van der Waals surface area (Å²) in [6, 6.07) is 8.36. The van der Waals surface area contributed by atoms with Gasteiger partial charge in [0.15, 0.2) is 0 Å². The number of pyridine rings is 1. The van der Waals surface area contributed by atoms with E-state index >= 15 is 0 Å². The highest BCUT2D eigenvalue weighted by molar-refractivity contribution is 6.39. The van der Waals surface area contributed by atoms with Gasteiger partial charge < -0.3 is 0 Å². The number of aliphatic imine (C=N–C) groups is 2. The lowest BCUT2D eigenvalue weighted by Gasteiger charge is -2.13. The van der Waals surface area contributed by atoms with E-state index in [1.54, 1.807) is 37.3 Å². The van der Waals surface area contributed by atoms with Crippen molar-refractivity contribution in [3.63, 3.8) is 0 Å². The Hall–Kier alpha value is -3.54. The van der Waals surface area contributed by atoms with Gasteiger partial charge in [-0.2, -0.15) is 0 Å². The Labute approximate surface area is 202 Å². The van der Waals surface area contributed by atoms with E-state index in [1.165, 1.54) is 0 Å². The Morgan fingerprint density at radius 2 is 1.56 bits per heavy atom. The number of hydrogen-bond donors (Lipinski definition) is 0. The summed E-state index contributed by atoms with van der Waals surface area (Å²) in [6.45, 7) is 14.0. The molecule has 180 valence electrons. The third kappa shape index (κ3) is 4.58. The summed E-state index contributed by atoms with van der Waals surface area (Å²) in [6.07, 6.45) is 5.37. The predicted molar refractivity (Wildman–Crippen MR) is 148 cm³/mol. The fraction of sp³-hybridized carbons (Fsp3) is 0.357. The number of hydrogen-bond acceptors (Lipinski definition) is 4. The van der Waals surface area contributed by atoms with E-state index < -0.39 is 0 Å². The number of nitrogens with zero attached hydrogens (tertiary/aromatic N) is 5. The molecule has 6 heteroatoms. The summed E-state index contributed by atoms with van der Waals surface area (Å²) in [5.41, 5.74) is 7.45. The second kappa shape index (κ2) is 11.5. The summed E-state index contributed by atoms with van der Waals surface area (Å²) in [5, 5.41) is 2.09. The van der Waals surface area contributed by atoms with Crippen molar-refractivity contribution in [3.05, 3.63) is 69.4 Å². The number of aromatic nitrogens is 3. The molecular formula is C28H37N5O. The minimum atomic E-state index is -0.0727. The van der Waals surface area contributed by atoms with Crippen molar-refractivity contribution in [2.24, 2.45) is 17.0 Å².